The average Bonchev–Trinajstić information content (AvgIpc) is 2.69. The maximum absolute atomic E-state index is 12.7. The maximum atomic E-state index is 12.7. The quantitative estimate of drug-likeness (QED) is 0.587. The van der Waals surface area contributed by atoms with Crippen LogP contribution in [0, 0.1) is 16.0 Å². The Morgan fingerprint density at radius 3 is 2.82 bits per heavy atom. The standard InChI is InChI=1S/C21H25N3O4/c1-3-28-20-9-5-4-8-17(20)22-21(25)16-10-11-18(19(13-16)24(26)27)23-12-6-7-15(2)14-23/h4-5,8-11,13,15H,3,6-7,12,14H2,1-2H3,(H,22,25). The molecule has 1 unspecified atom stereocenters. The van der Waals surface area contributed by atoms with Gasteiger partial charge in [0.05, 0.1) is 17.2 Å². The van der Waals surface area contributed by atoms with Crippen molar-refractivity contribution in [3.05, 3.63) is 58.1 Å². The molecule has 7 nitrogen and oxygen atoms in total. The molecule has 2 aromatic carbocycles. The molecule has 0 aromatic heterocycles. The minimum Gasteiger partial charge on any atom is -0.492 e. The van der Waals surface area contributed by atoms with Gasteiger partial charge in [-0.25, -0.2) is 0 Å². The summed E-state index contributed by atoms with van der Waals surface area (Å²) in [6.45, 7) is 6.06. The number of nitro benzene ring substituents is 1. The largest absolute Gasteiger partial charge is 0.492 e. The SMILES string of the molecule is CCOc1ccccc1NC(=O)c1ccc(N2CCCC(C)C2)c([N+](=O)[O-])c1. The number of nitrogens with one attached hydrogen (secondary N) is 1. The molecule has 3 rings (SSSR count). The molecule has 1 N–H and O–H groups in total. The fourth-order valence-electron chi connectivity index (χ4n) is 3.53. The number of benzene rings is 2. The van der Waals surface area contributed by atoms with Crippen LogP contribution in [-0.2, 0) is 0 Å². The number of anilines is 2. The number of amides is 1. The molecule has 1 aliphatic rings. The highest BCUT2D eigenvalue weighted by Gasteiger charge is 2.25. The van der Waals surface area contributed by atoms with Gasteiger partial charge in [0.15, 0.2) is 0 Å². The minimum absolute atomic E-state index is 0.0418. The van der Waals surface area contributed by atoms with Gasteiger partial charge in [-0.05, 0) is 49.9 Å². The van der Waals surface area contributed by atoms with E-state index in [0.717, 1.165) is 25.9 Å². The number of carbonyl (C=O) groups is 1. The van der Waals surface area contributed by atoms with Crippen molar-refractivity contribution in [2.45, 2.75) is 26.7 Å². The number of carbonyl (C=O) groups excluding carboxylic acids is 1. The first kappa shape index (κ1) is 19.7. The van der Waals surface area contributed by atoms with Gasteiger partial charge in [0.1, 0.15) is 11.4 Å². The zero-order chi connectivity index (χ0) is 20.1. The second kappa shape index (κ2) is 8.73. The summed E-state index contributed by atoms with van der Waals surface area (Å²) >= 11 is 0. The van der Waals surface area contributed by atoms with Crippen LogP contribution in [0.5, 0.6) is 5.75 Å². The molecular formula is C21H25N3O4. The van der Waals surface area contributed by atoms with Crippen LogP contribution < -0.4 is 15.0 Å². The zero-order valence-electron chi connectivity index (χ0n) is 16.2. The summed E-state index contributed by atoms with van der Waals surface area (Å²) in [6, 6.07) is 11.8. The van der Waals surface area contributed by atoms with Crippen LogP contribution in [-0.4, -0.2) is 30.5 Å². The molecule has 2 aromatic rings. The predicted octanol–water partition coefficient (Wildman–Crippen LogP) is 4.48. The number of para-hydroxylation sites is 2. The van der Waals surface area contributed by atoms with Crippen molar-refractivity contribution in [2.24, 2.45) is 5.92 Å². The summed E-state index contributed by atoms with van der Waals surface area (Å²) in [6.07, 6.45) is 2.14. The van der Waals surface area contributed by atoms with Gasteiger partial charge in [-0.15, -0.1) is 0 Å². The number of hydrogen-bond donors (Lipinski definition) is 1. The van der Waals surface area contributed by atoms with Gasteiger partial charge >= 0.3 is 0 Å². The molecule has 0 spiro atoms. The molecular weight excluding hydrogens is 358 g/mol. The molecule has 7 heteroatoms. The zero-order valence-corrected chi connectivity index (χ0v) is 16.2. The first-order valence-corrected chi connectivity index (χ1v) is 9.56. The van der Waals surface area contributed by atoms with Crippen LogP contribution in [0.2, 0.25) is 0 Å². The highest BCUT2D eigenvalue weighted by atomic mass is 16.6. The van der Waals surface area contributed by atoms with E-state index in [1.165, 1.54) is 6.07 Å². The van der Waals surface area contributed by atoms with Gasteiger partial charge in [0.25, 0.3) is 11.6 Å². The Morgan fingerprint density at radius 1 is 1.32 bits per heavy atom. The number of hydrogen-bond acceptors (Lipinski definition) is 5. The van der Waals surface area contributed by atoms with Crippen LogP contribution in [0.15, 0.2) is 42.5 Å². The van der Waals surface area contributed by atoms with Crippen LogP contribution in [0.1, 0.15) is 37.0 Å². The molecule has 0 saturated carbocycles. The third kappa shape index (κ3) is 4.42. The van der Waals surface area contributed by atoms with Gasteiger partial charge in [0, 0.05) is 24.7 Å². The second-order valence-electron chi connectivity index (χ2n) is 7.04. The Labute approximate surface area is 164 Å². The van der Waals surface area contributed by atoms with Gasteiger partial charge in [-0.3, -0.25) is 14.9 Å². The summed E-state index contributed by atoms with van der Waals surface area (Å²) in [7, 11) is 0. The van der Waals surface area contributed by atoms with Crippen LogP contribution >= 0.6 is 0 Å². The van der Waals surface area contributed by atoms with E-state index >= 15 is 0 Å². The number of nitro groups is 1. The van der Waals surface area contributed by atoms with E-state index in [9.17, 15) is 14.9 Å². The van der Waals surface area contributed by atoms with Crippen molar-refractivity contribution in [1.82, 2.24) is 0 Å². The molecule has 0 aliphatic carbocycles. The topological polar surface area (TPSA) is 84.7 Å². The summed E-state index contributed by atoms with van der Waals surface area (Å²) in [5, 5.41) is 14.4. The Kier molecular flexibility index (Phi) is 6.13. The highest BCUT2D eigenvalue weighted by molar-refractivity contribution is 6.05. The number of piperidine rings is 1. The smallest absolute Gasteiger partial charge is 0.293 e. The van der Waals surface area contributed by atoms with E-state index in [0.29, 0.717) is 29.6 Å². The monoisotopic (exact) mass is 383 g/mol. The third-order valence-corrected chi connectivity index (χ3v) is 4.87. The van der Waals surface area contributed by atoms with Crippen LogP contribution in [0.4, 0.5) is 17.1 Å². The van der Waals surface area contributed by atoms with E-state index in [-0.39, 0.29) is 11.3 Å². The molecule has 1 saturated heterocycles. The van der Waals surface area contributed by atoms with Crippen molar-refractivity contribution in [1.29, 1.82) is 0 Å². The van der Waals surface area contributed by atoms with Crippen molar-refractivity contribution in [2.75, 3.05) is 29.9 Å². The lowest BCUT2D eigenvalue weighted by Gasteiger charge is -2.32. The second-order valence-corrected chi connectivity index (χ2v) is 7.04. The predicted molar refractivity (Wildman–Crippen MR) is 109 cm³/mol. The van der Waals surface area contributed by atoms with Gasteiger partial charge < -0.3 is 15.0 Å². The normalized spacial score (nSPS) is 16.5. The Balaban J connectivity index is 1.85. The first-order valence-electron chi connectivity index (χ1n) is 9.56. The molecule has 0 radical (unpaired) electrons. The Hall–Kier alpha value is -3.09. The summed E-state index contributed by atoms with van der Waals surface area (Å²) in [5.74, 6) is 0.645. The Bertz CT molecular complexity index is 868. The maximum Gasteiger partial charge on any atom is 0.293 e. The number of ether oxygens (including phenoxy) is 1. The van der Waals surface area contributed by atoms with Gasteiger partial charge in [-0.1, -0.05) is 19.1 Å². The number of nitrogens with zero attached hydrogens (tertiary/aromatic N) is 2. The average molecular weight is 383 g/mol. The summed E-state index contributed by atoms with van der Waals surface area (Å²) in [5.41, 5.74) is 1.31. The van der Waals surface area contributed by atoms with Gasteiger partial charge in [-0.2, -0.15) is 0 Å². The molecule has 1 aliphatic heterocycles. The molecule has 1 amide bonds. The van der Waals surface area contributed by atoms with Crippen molar-refractivity contribution in [3.63, 3.8) is 0 Å². The van der Waals surface area contributed by atoms with E-state index in [1.54, 1.807) is 30.3 Å². The lowest BCUT2D eigenvalue weighted by molar-refractivity contribution is -0.384. The number of rotatable bonds is 6. The molecule has 1 atom stereocenters. The molecule has 0 bridgehead atoms. The lowest BCUT2D eigenvalue weighted by Crippen LogP contribution is -2.34. The lowest BCUT2D eigenvalue weighted by atomic mass is 9.99. The van der Waals surface area contributed by atoms with Crippen LogP contribution in [0.25, 0.3) is 0 Å². The fraction of sp³-hybridized carbons (Fsp3) is 0.381. The third-order valence-electron chi connectivity index (χ3n) is 4.87. The van der Waals surface area contributed by atoms with Gasteiger partial charge in [0.2, 0.25) is 0 Å². The van der Waals surface area contributed by atoms with Crippen molar-refractivity contribution >= 4 is 23.0 Å². The molecule has 148 valence electrons. The van der Waals surface area contributed by atoms with Crippen LogP contribution in [0.3, 0.4) is 0 Å². The first-order chi connectivity index (χ1) is 13.5. The summed E-state index contributed by atoms with van der Waals surface area (Å²) < 4.78 is 5.51. The van der Waals surface area contributed by atoms with E-state index < -0.39 is 10.8 Å². The van der Waals surface area contributed by atoms with Crippen molar-refractivity contribution in [3.8, 4) is 5.75 Å². The van der Waals surface area contributed by atoms with Crippen molar-refractivity contribution < 1.29 is 14.5 Å². The Morgan fingerprint density at radius 2 is 2.11 bits per heavy atom. The fourth-order valence-corrected chi connectivity index (χ4v) is 3.53. The van der Waals surface area contributed by atoms with E-state index in [2.05, 4.69) is 12.2 Å². The van der Waals surface area contributed by atoms with E-state index in [1.807, 2.05) is 17.9 Å². The molecule has 1 fully saturated rings. The summed E-state index contributed by atoms with van der Waals surface area (Å²) in [4.78, 5) is 26.0. The molecule has 28 heavy (non-hydrogen) atoms. The van der Waals surface area contributed by atoms with E-state index in [4.69, 9.17) is 4.74 Å². The molecule has 1 heterocycles. The minimum atomic E-state index is -0.417. The highest BCUT2D eigenvalue weighted by Crippen LogP contribution is 2.33.